The van der Waals surface area contributed by atoms with Crippen molar-refractivity contribution in [2.24, 2.45) is 0 Å². The normalized spacial score (nSPS) is 25.0. The van der Waals surface area contributed by atoms with Gasteiger partial charge in [0.15, 0.2) is 5.82 Å². The lowest BCUT2D eigenvalue weighted by Crippen LogP contribution is -2.50. The van der Waals surface area contributed by atoms with E-state index in [-0.39, 0.29) is 23.0 Å². The Kier molecular flexibility index (Phi) is 6.72. The van der Waals surface area contributed by atoms with Crippen LogP contribution in [0.5, 0.6) is 0 Å². The first-order chi connectivity index (χ1) is 18.1. The van der Waals surface area contributed by atoms with Gasteiger partial charge in [0.2, 0.25) is 0 Å². The molecule has 3 atom stereocenters. The molecule has 2 aliphatic heterocycles. The average molecular weight is 501 g/mol. The second-order valence-electron chi connectivity index (χ2n) is 11.1. The van der Waals surface area contributed by atoms with Crippen molar-refractivity contribution >= 4 is 28.5 Å². The van der Waals surface area contributed by atoms with Crippen molar-refractivity contribution in [1.29, 1.82) is 0 Å². The largest absolute Gasteiger partial charge is 0.478 e. The molecule has 2 bridgehead atoms. The molecule has 0 radical (unpaired) electrons. The summed E-state index contributed by atoms with van der Waals surface area (Å²) in [5.74, 6) is -0.857. The maximum absolute atomic E-state index is 13.9. The van der Waals surface area contributed by atoms with Gasteiger partial charge in [-0.2, -0.15) is 0 Å². The molecule has 3 aliphatic rings. The van der Waals surface area contributed by atoms with E-state index in [0.717, 1.165) is 23.9 Å². The molecule has 0 amide bonds. The van der Waals surface area contributed by atoms with E-state index in [1.807, 2.05) is 28.8 Å². The van der Waals surface area contributed by atoms with Crippen LogP contribution in [-0.4, -0.2) is 43.7 Å². The summed E-state index contributed by atoms with van der Waals surface area (Å²) in [6.45, 7) is 0. The van der Waals surface area contributed by atoms with Gasteiger partial charge in [0, 0.05) is 24.2 Å². The van der Waals surface area contributed by atoms with Crippen LogP contribution in [0, 0.1) is 0 Å². The highest BCUT2D eigenvalue weighted by molar-refractivity contribution is 5.95. The molecular formula is C30H36N4O3. The highest BCUT2D eigenvalue weighted by Crippen LogP contribution is 2.44. The van der Waals surface area contributed by atoms with Gasteiger partial charge in [0.25, 0.3) is 5.56 Å². The lowest BCUT2D eigenvalue weighted by molar-refractivity contribution is 0.0498. The highest BCUT2D eigenvalue weighted by Gasteiger charge is 2.44. The fourth-order valence-electron chi connectivity index (χ4n) is 7.23. The zero-order valence-corrected chi connectivity index (χ0v) is 21.3. The summed E-state index contributed by atoms with van der Waals surface area (Å²) in [7, 11) is 0. The number of aromatic carboxylic acids is 1. The van der Waals surface area contributed by atoms with Crippen molar-refractivity contribution < 1.29 is 9.90 Å². The van der Waals surface area contributed by atoms with Gasteiger partial charge in [-0.05, 0) is 62.8 Å². The molecule has 6 rings (SSSR count). The van der Waals surface area contributed by atoms with Gasteiger partial charge < -0.3 is 15.0 Å². The molecular weight excluding hydrogens is 464 g/mol. The lowest BCUT2D eigenvalue weighted by Gasteiger charge is -2.45. The molecule has 2 N–H and O–H groups in total. The number of rotatable bonds is 5. The summed E-state index contributed by atoms with van der Waals surface area (Å²) in [5.41, 5.74) is 1.91. The number of piperidine rings is 1. The van der Waals surface area contributed by atoms with Crippen molar-refractivity contribution in [2.75, 3.05) is 5.32 Å². The van der Waals surface area contributed by atoms with E-state index in [9.17, 15) is 14.7 Å². The van der Waals surface area contributed by atoms with E-state index < -0.39 is 5.97 Å². The van der Waals surface area contributed by atoms with Crippen LogP contribution in [0.15, 0.2) is 53.3 Å². The van der Waals surface area contributed by atoms with Gasteiger partial charge in [-0.3, -0.25) is 9.69 Å². The zero-order chi connectivity index (χ0) is 25.4. The number of nitrogens with zero attached hydrogens (tertiary/aromatic N) is 3. The Morgan fingerprint density at radius 3 is 2.19 bits per heavy atom. The summed E-state index contributed by atoms with van der Waals surface area (Å²) >= 11 is 0. The third kappa shape index (κ3) is 4.65. The molecule has 1 aliphatic carbocycles. The van der Waals surface area contributed by atoms with Crippen LogP contribution in [0.4, 0.5) is 11.5 Å². The molecule has 3 fully saturated rings. The SMILES string of the molecule is O=C(O)c1ccccc1Nc1nc2ccccc2n(C2C[C@H]3CC[C@@H](C2)N3C2CCCCCCC2)c1=O. The number of aromatic nitrogens is 2. The van der Waals surface area contributed by atoms with E-state index >= 15 is 0 Å². The van der Waals surface area contributed by atoms with Crippen LogP contribution in [0.2, 0.25) is 0 Å². The van der Waals surface area contributed by atoms with Crippen LogP contribution >= 0.6 is 0 Å². The third-order valence-corrected chi connectivity index (χ3v) is 8.83. The van der Waals surface area contributed by atoms with Crippen LogP contribution in [-0.2, 0) is 0 Å². The molecule has 37 heavy (non-hydrogen) atoms. The molecule has 3 heterocycles. The van der Waals surface area contributed by atoms with Crippen LogP contribution in [0.3, 0.4) is 0 Å². The maximum atomic E-state index is 13.9. The molecule has 3 aromatic rings. The van der Waals surface area contributed by atoms with Crippen LogP contribution < -0.4 is 10.9 Å². The van der Waals surface area contributed by atoms with E-state index in [2.05, 4.69) is 15.2 Å². The Hall–Kier alpha value is -3.19. The third-order valence-electron chi connectivity index (χ3n) is 8.83. The monoisotopic (exact) mass is 500 g/mol. The fourth-order valence-corrected chi connectivity index (χ4v) is 7.23. The van der Waals surface area contributed by atoms with Gasteiger partial charge in [-0.15, -0.1) is 0 Å². The second kappa shape index (κ2) is 10.3. The standard InChI is InChI=1S/C30H36N4O3/c35-29-28(31-25-13-7-6-12-24(25)30(36)37)32-26-14-8-9-15-27(26)34(29)23-18-21-16-17-22(19-23)33(21)20-10-4-2-1-3-5-11-20/h6-9,12-15,20-23H,1-5,10-11,16-19H2,(H,31,32)(H,36,37)/t21-,22+,23?. The highest BCUT2D eigenvalue weighted by atomic mass is 16.4. The van der Waals surface area contributed by atoms with Gasteiger partial charge in [0.05, 0.1) is 22.3 Å². The Morgan fingerprint density at radius 2 is 1.46 bits per heavy atom. The minimum Gasteiger partial charge on any atom is -0.478 e. The number of hydrogen-bond acceptors (Lipinski definition) is 5. The number of benzene rings is 2. The first kappa shape index (κ1) is 24.2. The maximum Gasteiger partial charge on any atom is 0.337 e. The number of nitrogens with one attached hydrogen (secondary N) is 1. The summed E-state index contributed by atoms with van der Waals surface area (Å²) in [5, 5.41) is 12.7. The quantitative estimate of drug-likeness (QED) is 0.439. The predicted octanol–water partition coefficient (Wildman–Crippen LogP) is 6.12. The smallest absolute Gasteiger partial charge is 0.337 e. The molecule has 2 saturated heterocycles. The lowest BCUT2D eigenvalue weighted by atomic mass is 9.89. The summed E-state index contributed by atoms with van der Waals surface area (Å²) < 4.78 is 1.95. The number of fused-ring (bicyclic) bond motifs is 3. The van der Waals surface area contributed by atoms with E-state index in [1.165, 1.54) is 63.9 Å². The molecule has 0 spiro atoms. The topological polar surface area (TPSA) is 87.5 Å². The Balaban J connectivity index is 1.34. The molecule has 7 nitrogen and oxygen atoms in total. The summed E-state index contributed by atoms with van der Waals surface area (Å²) in [4.78, 5) is 33.2. The summed E-state index contributed by atoms with van der Waals surface area (Å²) in [6.07, 6.45) is 13.8. The van der Waals surface area contributed by atoms with E-state index in [1.54, 1.807) is 18.2 Å². The first-order valence-electron chi connectivity index (χ1n) is 14.0. The van der Waals surface area contributed by atoms with Crippen molar-refractivity contribution in [3.05, 3.63) is 64.4 Å². The number of anilines is 2. The van der Waals surface area contributed by atoms with Crippen molar-refractivity contribution in [3.63, 3.8) is 0 Å². The van der Waals surface area contributed by atoms with Crippen LogP contribution in [0.25, 0.3) is 11.0 Å². The summed E-state index contributed by atoms with van der Waals surface area (Å²) in [6, 6.07) is 16.3. The average Bonchev–Trinajstić information content (AvgIpc) is 3.13. The minimum atomic E-state index is -1.04. The molecule has 1 aromatic heterocycles. The number of hydrogen-bond donors (Lipinski definition) is 2. The number of carbonyl (C=O) groups is 1. The number of para-hydroxylation sites is 3. The van der Waals surface area contributed by atoms with Crippen molar-refractivity contribution in [3.8, 4) is 0 Å². The van der Waals surface area contributed by atoms with E-state index in [4.69, 9.17) is 0 Å². The van der Waals surface area contributed by atoms with Gasteiger partial charge >= 0.3 is 5.97 Å². The molecule has 1 unspecified atom stereocenters. The first-order valence-corrected chi connectivity index (χ1v) is 14.0. The van der Waals surface area contributed by atoms with Gasteiger partial charge in [-0.25, -0.2) is 9.78 Å². The fraction of sp³-hybridized carbons (Fsp3) is 0.500. The Labute approximate surface area is 217 Å². The molecule has 7 heteroatoms. The van der Waals surface area contributed by atoms with Gasteiger partial charge in [-0.1, -0.05) is 56.4 Å². The predicted molar refractivity (Wildman–Crippen MR) is 146 cm³/mol. The minimum absolute atomic E-state index is 0.109. The van der Waals surface area contributed by atoms with Gasteiger partial charge in [0.1, 0.15) is 0 Å². The number of carboxylic acid groups (broad SMARTS) is 1. The molecule has 2 aromatic carbocycles. The molecule has 1 saturated carbocycles. The number of carboxylic acids is 1. The zero-order valence-electron chi connectivity index (χ0n) is 21.3. The Morgan fingerprint density at radius 1 is 0.811 bits per heavy atom. The molecule has 194 valence electrons. The Bertz CT molecular complexity index is 1330. The van der Waals surface area contributed by atoms with Crippen molar-refractivity contribution in [1.82, 2.24) is 14.5 Å². The van der Waals surface area contributed by atoms with Crippen molar-refractivity contribution in [2.45, 2.75) is 94.8 Å². The van der Waals surface area contributed by atoms with Crippen LogP contribution in [0.1, 0.15) is 87.0 Å². The second-order valence-corrected chi connectivity index (χ2v) is 11.1. The van der Waals surface area contributed by atoms with E-state index in [0.29, 0.717) is 23.8 Å².